The second-order valence-corrected chi connectivity index (χ2v) is 6.87. The third kappa shape index (κ3) is 3.06. The zero-order valence-corrected chi connectivity index (χ0v) is 15.2. The van der Waals surface area contributed by atoms with E-state index >= 15 is 0 Å². The summed E-state index contributed by atoms with van der Waals surface area (Å²) in [6.45, 7) is 5.59. The van der Waals surface area contributed by atoms with E-state index in [1.807, 2.05) is 16.7 Å². The van der Waals surface area contributed by atoms with Crippen molar-refractivity contribution in [1.29, 1.82) is 0 Å². The molecule has 1 saturated heterocycles. The molecule has 2 N–H and O–H groups in total. The molecule has 1 atom stereocenters. The highest BCUT2D eigenvalue weighted by Crippen LogP contribution is 2.38. The van der Waals surface area contributed by atoms with Crippen LogP contribution in [0.15, 0.2) is 23.2 Å². The molecule has 140 valence electrons. The molecule has 3 heterocycles. The van der Waals surface area contributed by atoms with E-state index in [9.17, 15) is 5.11 Å². The summed E-state index contributed by atoms with van der Waals surface area (Å²) < 4.78 is 18.1. The van der Waals surface area contributed by atoms with Crippen molar-refractivity contribution in [3.8, 4) is 5.88 Å². The van der Waals surface area contributed by atoms with Crippen molar-refractivity contribution >= 4 is 22.3 Å². The van der Waals surface area contributed by atoms with Crippen molar-refractivity contribution in [2.75, 3.05) is 52.0 Å². The van der Waals surface area contributed by atoms with Crippen LogP contribution in [-0.2, 0) is 14.2 Å². The van der Waals surface area contributed by atoms with Crippen molar-refractivity contribution in [2.45, 2.75) is 19.0 Å². The maximum Gasteiger partial charge on any atom is 0.201 e. The first-order chi connectivity index (χ1) is 12.7. The minimum absolute atomic E-state index is 0.155. The number of methoxy groups -OCH3 is 1. The molecule has 4 rings (SSSR count). The van der Waals surface area contributed by atoms with Gasteiger partial charge in [-0.15, -0.1) is 0 Å². The summed E-state index contributed by atoms with van der Waals surface area (Å²) in [5, 5.41) is 15.4. The van der Waals surface area contributed by atoms with E-state index in [4.69, 9.17) is 14.2 Å². The highest BCUT2D eigenvalue weighted by Gasteiger charge is 2.29. The number of aliphatic imine (C=N–C) groups is 1. The molecule has 0 radical (unpaired) electrons. The molecule has 2 aliphatic heterocycles. The molecule has 0 aliphatic carbocycles. The molecule has 7 heteroatoms. The zero-order chi connectivity index (χ0) is 18.1. The van der Waals surface area contributed by atoms with Gasteiger partial charge in [0.05, 0.1) is 62.4 Å². The summed E-state index contributed by atoms with van der Waals surface area (Å²) >= 11 is 0. The number of anilines is 1. The summed E-state index contributed by atoms with van der Waals surface area (Å²) in [4.78, 5) is 4.59. The van der Waals surface area contributed by atoms with E-state index in [0.29, 0.717) is 39.6 Å². The molecule has 0 saturated carbocycles. The standard InChI is InChI=1S/C19H25N3O4/c1-12(8-24-2)21-13-3-4-17-15(7-13)18(16-11-25-6-5-20-16)19(23)22(17)14-9-26-10-14/h3-4,7,12,14,21,23H,5-6,8-11H2,1-2H3. The van der Waals surface area contributed by atoms with Gasteiger partial charge < -0.3 is 29.2 Å². The van der Waals surface area contributed by atoms with Gasteiger partial charge in [0.15, 0.2) is 0 Å². The fraction of sp³-hybridized carbons (Fsp3) is 0.526. The Hall–Kier alpha value is -2.09. The second kappa shape index (κ2) is 7.26. The van der Waals surface area contributed by atoms with E-state index in [1.165, 1.54) is 0 Å². The number of benzene rings is 1. The molecule has 1 fully saturated rings. The van der Waals surface area contributed by atoms with Crippen LogP contribution >= 0.6 is 0 Å². The highest BCUT2D eigenvalue weighted by atomic mass is 16.5. The molecule has 0 amide bonds. The molecule has 2 aromatic rings. The molecule has 0 spiro atoms. The Balaban J connectivity index is 1.80. The third-order valence-corrected chi connectivity index (χ3v) is 4.86. The summed E-state index contributed by atoms with van der Waals surface area (Å²) in [6.07, 6.45) is 0. The fourth-order valence-corrected chi connectivity index (χ4v) is 3.60. The summed E-state index contributed by atoms with van der Waals surface area (Å²) in [5.74, 6) is 0.250. The number of hydrogen-bond donors (Lipinski definition) is 2. The number of nitrogens with zero attached hydrogens (tertiary/aromatic N) is 2. The van der Waals surface area contributed by atoms with Crippen LogP contribution in [0.2, 0.25) is 0 Å². The van der Waals surface area contributed by atoms with Gasteiger partial charge in [-0.2, -0.15) is 0 Å². The van der Waals surface area contributed by atoms with Gasteiger partial charge >= 0.3 is 0 Å². The van der Waals surface area contributed by atoms with Crippen LogP contribution in [0.25, 0.3) is 10.9 Å². The Morgan fingerprint density at radius 3 is 2.88 bits per heavy atom. The van der Waals surface area contributed by atoms with E-state index < -0.39 is 0 Å². The average molecular weight is 359 g/mol. The molecule has 1 aromatic heterocycles. The van der Waals surface area contributed by atoms with E-state index in [2.05, 4.69) is 23.3 Å². The fourth-order valence-electron chi connectivity index (χ4n) is 3.60. The van der Waals surface area contributed by atoms with Gasteiger partial charge in [-0.05, 0) is 25.1 Å². The number of ether oxygens (including phenoxy) is 3. The number of fused-ring (bicyclic) bond motifs is 1. The molecule has 1 unspecified atom stereocenters. The Labute approximate surface area is 152 Å². The minimum Gasteiger partial charge on any atom is -0.494 e. The molecule has 2 aliphatic rings. The van der Waals surface area contributed by atoms with Gasteiger partial charge in [0.25, 0.3) is 0 Å². The lowest BCUT2D eigenvalue weighted by atomic mass is 10.1. The number of aromatic nitrogens is 1. The SMILES string of the molecule is COCC(C)Nc1ccc2c(c1)c(C1=NCCOC1)c(O)n2C1COC1. The van der Waals surface area contributed by atoms with Crippen LogP contribution in [0.5, 0.6) is 5.88 Å². The molecule has 26 heavy (non-hydrogen) atoms. The van der Waals surface area contributed by atoms with Gasteiger partial charge in [0.1, 0.15) is 0 Å². The van der Waals surface area contributed by atoms with Gasteiger partial charge in [-0.1, -0.05) is 0 Å². The first kappa shape index (κ1) is 17.3. The van der Waals surface area contributed by atoms with Crippen molar-refractivity contribution in [3.63, 3.8) is 0 Å². The molecular weight excluding hydrogens is 334 g/mol. The third-order valence-electron chi connectivity index (χ3n) is 4.86. The van der Waals surface area contributed by atoms with Crippen LogP contribution in [0.3, 0.4) is 0 Å². The normalized spacial score (nSPS) is 19.2. The minimum atomic E-state index is 0.155. The monoisotopic (exact) mass is 359 g/mol. The predicted octanol–water partition coefficient (Wildman–Crippen LogP) is 2.18. The molecule has 1 aromatic carbocycles. The Kier molecular flexibility index (Phi) is 4.84. The maximum absolute atomic E-state index is 11.0. The lowest BCUT2D eigenvalue weighted by Crippen LogP contribution is -2.30. The van der Waals surface area contributed by atoms with Gasteiger partial charge in [-0.25, -0.2) is 0 Å². The van der Waals surface area contributed by atoms with E-state index in [-0.39, 0.29) is 18.0 Å². The quantitative estimate of drug-likeness (QED) is 0.827. The lowest BCUT2D eigenvalue weighted by molar-refractivity contribution is -0.0238. The smallest absolute Gasteiger partial charge is 0.201 e. The average Bonchev–Trinajstić information content (AvgIpc) is 2.86. The summed E-state index contributed by atoms with van der Waals surface area (Å²) in [6, 6.07) is 6.49. The van der Waals surface area contributed by atoms with Crippen LogP contribution in [0.1, 0.15) is 18.5 Å². The molecular formula is C19H25N3O4. The lowest BCUT2D eigenvalue weighted by Gasteiger charge is -2.29. The number of hydrogen-bond acceptors (Lipinski definition) is 6. The van der Waals surface area contributed by atoms with Crippen LogP contribution in [0, 0.1) is 0 Å². The maximum atomic E-state index is 11.0. The van der Waals surface area contributed by atoms with Crippen LogP contribution < -0.4 is 5.32 Å². The Morgan fingerprint density at radius 1 is 1.38 bits per heavy atom. The summed E-state index contributed by atoms with van der Waals surface area (Å²) in [7, 11) is 1.69. The van der Waals surface area contributed by atoms with Gasteiger partial charge in [0, 0.05) is 24.2 Å². The topological polar surface area (TPSA) is 77.2 Å². The second-order valence-electron chi connectivity index (χ2n) is 6.87. The van der Waals surface area contributed by atoms with Gasteiger partial charge in [-0.3, -0.25) is 4.99 Å². The number of rotatable bonds is 6. The van der Waals surface area contributed by atoms with E-state index in [0.717, 1.165) is 27.9 Å². The first-order valence-corrected chi connectivity index (χ1v) is 9.00. The molecule has 7 nitrogen and oxygen atoms in total. The van der Waals surface area contributed by atoms with E-state index in [1.54, 1.807) is 7.11 Å². The predicted molar refractivity (Wildman–Crippen MR) is 101 cm³/mol. The van der Waals surface area contributed by atoms with Crippen molar-refractivity contribution < 1.29 is 19.3 Å². The Bertz CT molecular complexity index is 826. The van der Waals surface area contributed by atoms with Crippen molar-refractivity contribution in [1.82, 2.24) is 4.57 Å². The van der Waals surface area contributed by atoms with Crippen molar-refractivity contribution in [3.05, 3.63) is 23.8 Å². The largest absolute Gasteiger partial charge is 0.494 e. The first-order valence-electron chi connectivity index (χ1n) is 9.00. The molecule has 0 bridgehead atoms. The highest BCUT2D eigenvalue weighted by molar-refractivity contribution is 6.14. The number of nitrogens with one attached hydrogen (secondary N) is 1. The summed E-state index contributed by atoms with van der Waals surface area (Å²) in [5.41, 5.74) is 3.56. The zero-order valence-electron chi connectivity index (χ0n) is 15.2. The number of aromatic hydroxyl groups is 1. The van der Waals surface area contributed by atoms with Crippen molar-refractivity contribution in [2.24, 2.45) is 4.99 Å². The van der Waals surface area contributed by atoms with Crippen LogP contribution in [-0.4, -0.2) is 68.1 Å². The Morgan fingerprint density at radius 2 is 2.23 bits per heavy atom. The van der Waals surface area contributed by atoms with Gasteiger partial charge in [0.2, 0.25) is 5.88 Å². The van der Waals surface area contributed by atoms with Crippen LogP contribution in [0.4, 0.5) is 5.69 Å².